The molecule has 3 aromatic rings. The highest BCUT2D eigenvalue weighted by Gasteiger charge is 2.24. The Bertz CT molecular complexity index is 1410. The second-order valence-corrected chi connectivity index (χ2v) is 12.2. The van der Waals surface area contributed by atoms with Crippen LogP contribution in [0.4, 0.5) is 0 Å². The number of carboxylic acids is 1. The van der Waals surface area contributed by atoms with Crippen molar-refractivity contribution in [1.82, 2.24) is 10.1 Å². The monoisotopic (exact) mass is 672 g/mol. The molecule has 2 heterocycles. The zero-order valence-electron chi connectivity index (χ0n) is 20.3. The molecule has 0 radical (unpaired) electrons. The van der Waals surface area contributed by atoms with E-state index in [2.05, 4.69) is 14.1 Å². The van der Waals surface area contributed by atoms with Gasteiger partial charge < -0.3 is 14.4 Å². The first-order valence-electron chi connectivity index (χ1n) is 11.3. The van der Waals surface area contributed by atoms with Gasteiger partial charge in [0.15, 0.2) is 0 Å². The van der Waals surface area contributed by atoms with Crippen molar-refractivity contribution in [3.8, 4) is 11.3 Å². The first kappa shape index (κ1) is 27.9. The molecule has 0 spiro atoms. The van der Waals surface area contributed by atoms with Gasteiger partial charge in [-0.3, -0.25) is 4.90 Å². The van der Waals surface area contributed by atoms with Crippen LogP contribution in [0, 0.1) is 0 Å². The first-order chi connectivity index (χ1) is 17.7. The summed E-state index contributed by atoms with van der Waals surface area (Å²) >= 11 is 19.0. The van der Waals surface area contributed by atoms with Crippen molar-refractivity contribution < 1.29 is 19.2 Å². The van der Waals surface area contributed by atoms with E-state index in [0.29, 0.717) is 44.4 Å². The molecule has 4 rings (SSSR count). The summed E-state index contributed by atoms with van der Waals surface area (Å²) in [5.74, 6) is 0.525. The highest BCUT2D eigenvalue weighted by Crippen LogP contribution is 2.39. The van der Waals surface area contributed by atoms with E-state index in [1.807, 2.05) is 27.0 Å². The molecule has 1 aliphatic heterocycles. The quantitative estimate of drug-likeness (QED) is 0.231. The van der Waals surface area contributed by atoms with E-state index in [0.717, 1.165) is 14.8 Å². The van der Waals surface area contributed by atoms with E-state index in [1.165, 1.54) is 0 Å². The van der Waals surface area contributed by atoms with Crippen LogP contribution in [0.5, 0.6) is 0 Å². The summed E-state index contributed by atoms with van der Waals surface area (Å²) in [7, 11) is 1.95. The number of carboxylic acid groups (broad SMARTS) is 1. The minimum atomic E-state index is -0.946. The van der Waals surface area contributed by atoms with Gasteiger partial charge in [-0.2, -0.15) is 0 Å². The van der Waals surface area contributed by atoms with Crippen molar-refractivity contribution in [2.75, 3.05) is 7.05 Å². The molecule has 0 saturated heterocycles. The summed E-state index contributed by atoms with van der Waals surface area (Å²) in [4.78, 5) is 13.3. The molecule has 194 valence electrons. The number of allylic oxidation sites excluding steroid dienone is 1. The Balaban J connectivity index is 1.53. The van der Waals surface area contributed by atoms with Gasteiger partial charge in [-0.1, -0.05) is 92.7 Å². The lowest BCUT2D eigenvalue weighted by Gasteiger charge is -2.22. The molecule has 1 aromatic heterocycles. The Kier molecular flexibility index (Phi) is 9.13. The molecule has 6 nitrogen and oxygen atoms in total. The number of benzene rings is 2. The lowest BCUT2D eigenvalue weighted by atomic mass is 10.0. The third kappa shape index (κ3) is 6.46. The number of aromatic nitrogens is 1. The van der Waals surface area contributed by atoms with Crippen LogP contribution in [0.1, 0.15) is 47.0 Å². The molecule has 1 N–H and O–H groups in total. The van der Waals surface area contributed by atoms with E-state index in [1.54, 1.807) is 42.5 Å². The topological polar surface area (TPSA) is 75.8 Å². The average molecular weight is 674 g/mol. The molecular weight excluding hydrogens is 650 g/mol. The maximum Gasteiger partial charge on any atom is 0.335 e. The van der Waals surface area contributed by atoms with Gasteiger partial charge >= 0.3 is 5.97 Å². The molecule has 0 fully saturated rings. The molecule has 2 aromatic carbocycles. The standard InChI is InChI=1S/C27H24Cl3IN2O4/c1-15(2)25-19(24(32-37-25)23-20(28)8-5-9-21(23)29)14-36-18-11-22(30)26(31-12-18)33(3)13-16-6-4-7-17(10-16)27(34)35/h4-12,15H,13-14H2,1-3H3,(H,34,35). The van der Waals surface area contributed by atoms with E-state index in [-0.39, 0.29) is 18.1 Å². The summed E-state index contributed by atoms with van der Waals surface area (Å²) in [6.07, 6.45) is 1.80. The number of halogens is 4. The lowest BCUT2D eigenvalue weighted by Crippen LogP contribution is -2.25. The van der Waals surface area contributed by atoms with E-state index < -0.39 is 26.7 Å². The maximum absolute atomic E-state index is 11.3. The van der Waals surface area contributed by atoms with Gasteiger partial charge in [0.25, 0.3) is 0 Å². The first-order valence-corrected chi connectivity index (χ1v) is 14.8. The van der Waals surface area contributed by atoms with Crippen molar-refractivity contribution >= 4 is 65.1 Å². The predicted octanol–water partition coefficient (Wildman–Crippen LogP) is 8.20. The Morgan fingerprint density at radius 2 is 1.86 bits per heavy atom. The molecule has 10 heteroatoms. The summed E-state index contributed by atoms with van der Waals surface area (Å²) in [5.41, 5.74) is 3.13. The Hall–Kier alpha value is -2.17. The lowest BCUT2D eigenvalue weighted by molar-refractivity contribution is 0.0696. The fraction of sp³-hybridized carbons (Fsp3) is 0.222. The number of ether oxygens (including phenoxy) is 1. The zero-order valence-corrected chi connectivity index (χ0v) is 24.7. The molecule has 0 atom stereocenters. The van der Waals surface area contributed by atoms with Crippen LogP contribution in [0.3, 0.4) is 0 Å². The van der Waals surface area contributed by atoms with Crippen molar-refractivity contribution in [2.45, 2.75) is 32.9 Å². The maximum atomic E-state index is 11.3. The van der Waals surface area contributed by atoms with Gasteiger partial charge in [0.1, 0.15) is 23.8 Å². The van der Waals surface area contributed by atoms with Crippen LogP contribution in [0.2, 0.25) is 10.0 Å². The van der Waals surface area contributed by atoms with Crippen LogP contribution in [-0.4, -0.2) is 31.8 Å². The molecule has 0 amide bonds. The highest BCUT2D eigenvalue weighted by molar-refractivity contribution is 14.2. The van der Waals surface area contributed by atoms with E-state index in [9.17, 15) is 9.90 Å². The van der Waals surface area contributed by atoms with Gasteiger partial charge in [0.05, 0.1) is 29.8 Å². The molecule has 0 aliphatic carbocycles. The number of nitrogens with zero attached hydrogens (tertiary/aromatic N) is 2. The normalized spacial score (nSPS) is 13.7. The molecule has 1 aliphatic rings. The second-order valence-electron chi connectivity index (χ2n) is 8.68. The van der Waals surface area contributed by atoms with Gasteiger partial charge in [-0.05, 0) is 36.9 Å². The fourth-order valence-electron chi connectivity index (χ4n) is 3.85. The SMILES string of the molecule is CC(C)c1onc(-c2c(Cl)cccc2Cl)c1COC1=CI=C(N(C)Cc2cccc(C(=O)O)c2)C(Cl)=C1. The minimum absolute atomic E-state index is 0.0845. The Morgan fingerprint density at radius 1 is 1.16 bits per heavy atom. The molecule has 0 bridgehead atoms. The second kappa shape index (κ2) is 12.1. The number of aromatic carboxylic acids is 1. The largest absolute Gasteiger partial charge is 0.488 e. The molecular formula is C27H24Cl3IN2O4. The highest BCUT2D eigenvalue weighted by atomic mass is 127. The van der Waals surface area contributed by atoms with Crippen molar-refractivity contribution in [1.29, 1.82) is 0 Å². The van der Waals surface area contributed by atoms with E-state index >= 15 is 0 Å². The Labute approximate surface area is 240 Å². The minimum Gasteiger partial charge on any atom is -0.488 e. The summed E-state index contributed by atoms with van der Waals surface area (Å²) in [6, 6.07) is 12.2. The van der Waals surface area contributed by atoms with Gasteiger partial charge in [-0.15, -0.1) is 0 Å². The summed E-state index contributed by atoms with van der Waals surface area (Å²) < 4.78 is 14.9. The van der Waals surface area contributed by atoms with Crippen molar-refractivity contribution in [2.24, 2.45) is 0 Å². The molecule has 0 unspecified atom stereocenters. The van der Waals surface area contributed by atoms with Gasteiger partial charge in [0, 0.05) is 28.2 Å². The predicted molar refractivity (Wildman–Crippen MR) is 157 cm³/mol. The smallest absolute Gasteiger partial charge is 0.335 e. The summed E-state index contributed by atoms with van der Waals surface area (Å²) in [5, 5.41) is 15.1. The third-order valence-electron chi connectivity index (χ3n) is 5.59. The average Bonchev–Trinajstić information content (AvgIpc) is 3.26. The molecule has 37 heavy (non-hydrogen) atoms. The third-order valence-corrected chi connectivity index (χ3v) is 9.74. The van der Waals surface area contributed by atoms with Crippen LogP contribution >= 0.6 is 55.5 Å². The van der Waals surface area contributed by atoms with Crippen LogP contribution < -0.4 is 0 Å². The number of likely N-dealkylation sites (N-methyl/N-ethyl adjacent to an activating group) is 1. The number of hydrogen-bond acceptors (Lipinski definition) is 5. The molecule has 0 saturated carbocycles. The van der Waals surface area contributed by atoms with Crippen LogP contribution in [-0.2, 0) is 17.9 Å². The Morgan fingerprint density at radius 3 is 2.51 bits per heavy atom. The van der Waals surface area contributed by atoms with Crippen LogP contribution in [0.15, 0.2) is 67.9 Å². The zero-order chi connectivity index (χ0) is 26.7. The van der Waals surface area contributed by atoms with Crippen molar-refractivity contribution in [3.05, 3.63) is 95.9 Å². The van der Waals surface area contributed by atoms with Gasteiger partial charge in [-0.25, -0.2) is 4.79 Å². The van der Waals surface area contributed by atoms with Crippen LogP contribution in [0.25, 0.3) is 11.3 Å². The summed E-state index contributed by atoms with van der Waals surface area (Å²) in [6.45, 7) is 4.81. The number of rotatable bonds is 9. The number of carbonyl (C=O) groups is 1. The fourth-order valence-corrected chi connectivity index (χ4v) is 7.02. The van der Waals surface area contributed by atoms with E-state index in [4.69, 9.17) is 44.1 Å². The van der Waals surface area contributed by atoms with Crippen molar-refractivity contribution in [3.63, 3.8) is 0 Å². The number of hydrogen-bond donors (Lipinski definition) is 1. The van der Waals surface area contributed by atoms with Gasteiger partial charge in [0.2, 0.25) is 0 Å².